The Morgan fingerprint density at radius 2 is 2.00 bits per heavy atom. The predicted molar refractivity (Wildman–Crippen MR) is 75.6 cm³/mol. The number of amides is 1. The first-order chi connectivity index (χ1) is 9.06. The van der Waals surface area contributed by atoms with Gasteiger partial charge in [-0.2, -0.15) is 0 Å². The van der Waals surface area contributed by atoms with E-state index in [4.69, 9.17) is 5.73 Å². The van der Waals surface area contributed by atoms with Crippen LogP contribution in [0.1, 0.15) is 19.5 Å². The van der Waals surface area contributed by atoms with Crippen molar-refractivity contribution in [3.8, 4) is 0 Å². The minimum absolute atomic E-state index is 0.153. The van der Waals surface area contributed by atoms with Gasteiger partial charge < -0.3 is 10.6 Å². The number of aromatic nitrogens is 1. The zero-order chi connectivity index (χ0) is 13.8. The van der Waals surface area contributed by atoms with Gasteiger partial charge in [0.25, 0.3) is 0 Å². The summed E-state index contributed by atoms with van der Waals surface area (Å²) < 4.78 is 0. The molecule has 2 heterocycles. The van der Waals surface area contributed by atoms with Crippen molar-refractivity contribution in [2.45, 2.75) is 26.3 Å². The van der Waals surface area contributed by atoms with Gasteiger partial charge in [-0.25, -0.2) is 0 Å². The molecule has 1 amide bonds. The first-order valence-electron chi connectivity index (χ1n) is 6.78. The Labute approximate surface area is 114 Å². The van der Waals surface area contributed by atoms with Gasteiger partial charge in [-0.05, 0) is 26.0 Å². The van der Waals surface area contributed by atoms with Crippen LogP contribution in [0.2, 0.25) is 0 Å². The van der Waals surface area contributed by atoms with E-state index in [2.05, 4.69) is 23.7 Å². The second-order valence-electron chi connectivity index (χ2n) is 5.27. The highest BCUT2D eigenvalue weighted by Crippen LogP contribution is 2.09. The number of hydrogen-bond donors (Lipinski definition) is 1. The molecule has 1 aromatic rings. The molecule has 0 bridgehead atoms. The lowest BCUT2D eigenvalue weighted by Gasteiger charge is -2.36. The fraction of sp³-hybridized carbons (Fsp3) is 0.571. The zero-order valence-corrected chi connectivity index (χ0v) is 11.7. The van der Waals surface area contributed by atoms with Crippen molar-refractivity contribution in [3.63, 3.8) is 0 Å². The van der Waals surface area contributed by atoms with Crippen LogP contribution in [0.15, 0.2) is 18.3 Å². The lowest BCUT2D eigenvalue weighted by molar-refractivity contribution is -0.132. The quantitative estimate of drug-likeness (QED) is 0.873. The van der Waals surface area contributed by atoms with Crippen molar-refractivity contribution in [1.82, 2.24) is 14.8 Å². The molecular weight excluding hydrogens is 240 g/mol. The van der Waals surface area contributed by atoms with Gasteiger partial charge in [0, 0.05) is 37.9 Å². The van der Waals surface area contributed by atoms with Crippen LogP contribution in [0.4, 0.5) is 5.69 Å². The molecule has 1 fully saturated rings. The Balaban J connectivity index is 1.86. The Morgan fingerprint density at radius 3 is 2.53 bits per heavy atom. The van der Waals surface area contributed by atoms with E-state index in [-0.39, 0.29) is 5.91 Å². The summed E-state index contributed by atoms with van der Waals surface area (Å²) in [7, 11) is 0. The number of carbonyl (C=O) groups excluding carboxylic acids is 1. The SMILES string of the molecule is CC(C)N1CCN(C(=O)Cc2ccc(N)cn2)CC1. The molecular formula is C14H22N4O. The number of rotatable bonds is 3. The number of nitrogens with two attached hydrogens (primary N) is 1. The van der Waals surface area contributed by atoms with Crippen LogP contribution in [0.3, 0.4) is 0 Å². The summed E-state index contributed by atoms with van der Waals surface area (Å²) in [5.41, 5.74) is 6.99. The molecule has 2 N–H and O–H groups in total. The van der Waals surface area contributed by atoms with Crippen LogP contribution in [-0.2, 0) is 11.2 Å². The molecule has 19 heavy (non-hydrogen) atoms. The van der Waals surface area contributed by atoms with Gasteiger partial charge in [-0.3, -0.25) is 14.7 Å². The van der Waals surface area contributed by atoms with Gasteiger partial charge in [-0.1, -0.05) is 0 Å². The van der Waals surface area contributed by atoms with Crippen molar-refractivity contribution < 1.29 is 4.79 Å². The van der Waals surface area contributed by atoms with Crippen molar-refractivity contribution in [2.24, 2.45) is 0 Å². The third kappa shape index (κ3) is 3.67. The first kappa shape index (κ1) is 13.8. The highest BCUT2D eigenvalue weighted by Gasteiger charge is 2.22. The number of piperazine rings is 1. The number of nitrogen functional groups attached to an aromatic ring is 1. The number of pyridine rings is 1. The van der Waals surface area contributed by atoms with E-state index in [0.717, 1.165) is 31.9 Å². The van der Waals surface area contributed by atoms with E-state index in [1.165, 1.54) is 0 Å². The average Bonchev–Trinajstić information content (AvgIpc) is 2.41. The van der Waals surface area contributed by atoms with Crippen LogP contribution in [-0.4, -0.2) is 52.9 Å². The lowest BCUT2D eigenvalue weighted by Crippen LogP contribution is -2.51. The zero-order valence-electron chi connectivity index (χ0n) is 11.7. The lowest BCUT2D eigenvalue weighted by atomic mass is 10.2. The molecule has 0 radical (unpaired) electrons. The molecule has 104 valence electrons. The molecule has 0 atom stereocenters. The van der Waals surface area contributed by atoms with Gasteiger partial charge in [-0.15, -0.1) is 0 Å². The van der Waals surface area contributed by atoms with E-state index in [9.17, 15) is 4.79 Å². The van der Waals surface area contributed by atoms with Crippen LogP contribution in [0, 0.1) is 0 Å². The first-order valence-corrected chi connectivity index (χ1v) is 6.78. The highest BCUT2D eigenvalue weighted by molar-refractivity contribution is 5.78. The summed E-state index contributed by atoms with van der Waals surface area (Å²) in [6.45, 7) is 7.92. The molecule has 1 aromatic heterocycles. The number of hydrogen-bond acceptors (Lipinski definition) is 4. The molecule has 0 saturated carbocycles. The Kier molecular flexibility index (Phi) is 4.37. The molecule has 1 aliphatic heterocycles. The maximum atomic E-state index is 12.2. The number of carbonyl (C=O) groups is 1. The summed E-state index contributed by atoms with van der Waals surface area (Å²) in [6, 6.07) is 4.15. The third-order valence-electron chi connectivity index (χ3n) is 3.58. The Bertz CT molecular complexity index is 422. The minimum Gasteiger partial charge on any atom is -0.397 e. The standard InChI is InChI=1S/C14H22N4O/c1-11(2)17-5-7-18(8-6-17)14(19)9-13-4-3-12(15)10-16-13/h3-4,10-11H,5-9,15H2,1-2H3. The third-order valence-corrected chi connectivity index (χ3v) is 3.58. The molecule has 0 aromatic carbocycles. The van der Waals surface area contributed by atoms with E-state index in [1.54, 1.807) is 12.3 Å². The topological polar surface area (TPSA) is 62.5 Å². The molecule has 0 unspecified atom stereocenters. The van der Waals surface area contributed by atoms with E-state index < -0.39 is 0 Å². The molecule has 5 heteroatoms. The second kappa shape index (κ2) is 6.02. The van der Waals surface area contributed by atoms with Crippen LogP contribution >= 0.6 is 0 Å². The van der Waals surface area contributed by atoms with Crippen LogP contribution in [0.5, 0.6) is 0 Å². The summed E-state index contributed by atoms with van der Waals surface area (Å²) in [5, 5.41) is 0. The van der Waals surface area contributed by atoms with E-state index in [1.807, 2.05) is 11.0 Å². The maximum absolute atomic E-state index is 12.2. The van der Waals surface area contributed by atoms with Crippen molar-refractivity contribution in [1.29, 1.82) is 0 Å². The molecule has 0 aliphatic carbocycles. The largest absolute Gasteiger partial charge is 0.397 e. The summed E-state index contributed by atoms with van der Waals surface area (Å²) in [6.07, 6.45) is 1.96. The monoisotopic (exact) mass is 262 g/mol. The molecule has 0 spiro atoms. The summed E-state index contributed by atoms with van der Waals surface area (Å²) in [5.74, 6) is 0.153. The predicted octanol–water partition coefficient (Wildman–Crippen LogP) is 0.759. The van der Waals surface area contributed by atoms with Gasteiger partial charge in [0.15, 0.2) is 0 Å². The van der Waals surface area contributed by atoms with Crippen molar-refractivity contribution in [3.05, 3.63) is 24.0 Å². The maximum Gasteiger partial charge on any atom is 0.228 e. The fourth-order valence-electron chi connectivity index (χ4n) is 2.29. The van der Waals surface area contributed by atoms with Gasteiger partial charge >= 0.3 is 0 Å². The van der Waals surface area contributed by atoms with Crippen molar-refractivity contribution in [2.75, 3.05) is 31.9 Å². The number of anilines is 1. The van der Waals surface area contributed by atoms with E-state index in [0.29, 0.717) is 18.2 Å². The average molecular weight is 262 g/mol. The van der Waals surface area contributed by atoms with Gasteiger partial charge in [0.1, 0.15) is 0 Å². The Morgan fingerprint density at radius 1 is 1.32 bits per heavy atom. The van der Waals surface area contributed by atoms with E-state index >= 15 is 0 Å². The van der Waals surface area contributed by atoms with Crippen LogP contribution < -0.4 is 5.73 Å². The minimum atomic E-state index is 0.153. The van der Waals surface area contributed by atoms with Gasteiger partial charge in [0.2, 0.25) is 5.91 Å². The van der Waals surface area contributed by atoms with Crippen LogP contribution in [0.25, 0.3) is 0 Å². The smallest absolute Gasteiger partial charge is 0.228 e. The number of nitrogens with zero attached hydrogens (tertiary/aromatic N) is 3. The molecule has 1 aliphatic rings. The normalized spacial score (nSPS) is 16.9. The molecule has 1 saturated heterocycles. The summed E-state index contributed by atoms with van der Waals surface area (Å²) >= 11 is 0. The molecule has 2 rings (SSSR count). The van der Waals surface area contributed by atoms with Gasteiger partial charge in [0.05, 0.1) is 18.3 Å². The Hall–Kier alpha value is -1.62. The molecule has 5 nitrogen and oxygen atoms in total. The highest BCUT2D eigenvalue weighted by atomic mass is 16.2. The van der Waals surface area contributed by atoms with Crippen molar-refractivity contribution >= 4 is 11.6 Å². The summed E-state index contributed by atoms with van der Waals surface area (Å²) in [4.78, 5) is 20.7. The fourth-order valence-corrected chi connectivity index (χ4v) is 2.29. The second-order valence-corrected chi connectivity index (χ2v) is 5.27.